The molecule has 2 bridgehead atoms. The molecule has 150 valence electrons. The number of hydrogen-bond donors (Lipinski definition) is 0. The van der Waals surface area contributed by atoms with E-state index >= 15 is 0 Å². The van der Waals surface area contributed by atoms with E-state index < -0.39 is 18.1 Å². The molecule has 6 rings (SSSR count). The Hall–Kier alpha value is -2.76. The zero-order chi connectivity index (χ0) is 20.4. The van der Waals surface area contributed by atoms with E-state index in [1.807, 2.05) is 0 Å². The summed E-state index contributed by atoms with van der Waals surface area (Å²) < 4.78 is 5.34. The Morgan fingerprint density at radius 1 is 0.966 bits per heavy atom. The van der Waals surface area contributed by atoms with Crippen LogP contribution in [0, 0.1) is 35.5 Å². The summed E-state index contributed by atoms with van der Waals surface area (Å²) in [5.41, 5.74) is 0.446. The number of amides is 2. The van der Waals surface area contributed by atoms with Crippen molar-refractivity contribution >= 4 is 23.6 Å². The van der Waals surface area contributed by atoms with Crippen molar-refractivity contribution in [3.05, 3.63) is 48.0 Å². The van der Waals surface area contributed by atoms with E-state index in [0.29, 0.717) is 17.4 Å². The summed E-state index contributed by atoms with van der Waals surface area (Å²) in [6.45, 7) is 3.01. The molecular formula is C23H23NO5. The molecule has 6 nitrogen and oxygen atoms in total. The lowest BCUT2D eigenvalue weighted by Crippen LogP contribution is -2.46. The molecule has 0 N–H and O–H groups in total. The SMILES string of the molecule is C[C@H](C(=O)O[C@H](C)C(=O)c1ccccc1)N1C(=O)[C@H]2[C@@H]3C=C[C@H]([C@@H]4C[C@H]34)[C@@H]2C1=O. The third-order valence-electron chi connectivity index (χ3n) is 7.15. The summed E-state index contributed by atoms with van der Waals surface area (Å²) in [5, 5.41) is 0. The first kappa shape index (κ1) is 18.3. The smallest absolute Gasteiger partial charge is 0.329 e. The van der Waals surface area contributed by atoms with Gasteiger partial charge in [0.25, 0.3) is 0 Å². The molecule has 5 aliphatic rings. The van der Waals surface area contributed by atoms with Gasteiger partial charge in [-0.3, -0.25) is 19.3 Å². The number of rotatable bonds is 5. The number of carbonyl (C=O) groups excluding carboxylic acids is 4. The van der Waals surface area contributed by atoms with Crippen molar-refractivity contribution in [2.24, 2.45) is 35.5 Å². The van der Waals surface area contributed by atoms with E-state index in [0.717, 1.165) is 11.3 Å². The summed E-state index contributed by atoms with van der Waals surface area (Å²) in [7, 11) is 0. The Labute approximate surface area is 168 Å². The highest BCUT2D eigenvalue weighted by Gasteiger charge is 2.67. The van der Waals surface area contributed by atoms with Crippen LogP contribution in [-0.4, -0.2) is 40.6 Å². The van der Waals surface area contributed by atoms with Crippen LogP contribution < -0.4 is 0 Å². The number of hydrogen-bond acceptors (Lipinski definition) is 5. The van der Waals surface area contributed by atoms with Gasteiger partial charge in [0, 0.05) is 5.56 Å². The van der Waals surface area contributed by atoms with E-state index in [9.17, 15) is 19.2 Å². The van der Waals surface area contributed by atoms with Crippen LogP contribution in [0.15, 0.2) is 42.5 Å². The van der Waals surface area contributed by atoms with Gasteiger partial charge in [-0.2, -0.15) is 0 Å². The molecule has 1 saturated heterocycles. The summed E-state index contributed by atoms with van der Waals surface area (Å²) >= 11 is 0. The maximum atomic E-state index is 13.1. The third-order valence-corrected chi connectivity index (χ3v) is 7.15. The van der Waals surface area contributed by atoms with E-state index in [-0.39, 0.29) is 41.3 Å². The van der Waals surface area contributed by atoms with Crippen molar-refractivity contribution in [3.8, 4) is 0 Å². The van der Waals surface area contributed by atoms with Crippen molar-refractivity contribution in [3.63, 3.8) is 0 Å². The lowest BCUT2D eigenvalue weighted by atomic mass is 9.63. The number of ether oxygens (including phenoxy) is 1. The molecule has 1 aliphatic heterocycles. The first-order chi connectivity index (χ1) is 13.9. The molecule has 8 atom stereocenters. The van der Waals surface area contributed by atoms with Gasteiger partial charge in [0.1, 0.15) is 6.04 Å². The van der Waals surface area contributed by atoms with Crippen molar-refractivity contribution in [1.82, 2.24) is 4.90 Å². The van der Waals surface area contributed by atoms with Crippen molar-refractivity contribution < 1.29 is 23.9 Å². The largest absolute Gasteiger partial charge is 0.453 e. The highest BCUT2D eigenvalue weighted by molar-refractivity contribution is 6.09. The van der Waals surface area contributed by atoms with Gasteiger partial charge in [-0.05, 0) is 43.9 Å². The summed E-state index contributed by atoms with van der Waals surface area (Å²) in [4.78, 5) is 52.4. The lowest BCUT2D eigenvalue weighted by Gasteiger charge is -2.37. The number of Topliss-reactive ketones (excluding diaryl/α,β-unsaturated/α-hetero) is 1. The van der Waals surface area contributed by atoms with Crippen LogP contribution in [0.5, 0.6) is 0 Å². The highest BCUT2D eigenvalue weighted by Crippen LogP contribution is 2.65. The normalized spacial score (nSPS) is 35.7. The molecule has 1 aromatic rings. The molecule has 1 aromatic carbocycles. The molecule has 4 aliphatic carbocycles. The highest BCUT2D eigenvalue weighted by atomic mass is 16.5. The van der Waals surface area contributed by atoms with Crippen LogP contribution in [0.2, 0.25) is 0 Å². The fraction of sp³-hybridized carbons (Fsp3) is 0.478. The minimum atomic E-state index is -1.04. The van der Waals surface area contributed by atoms with Gasteiger partial charge < -0.3 is 4.74 Å². The molecule has 0 unspecified atom stereocenters. The van der Waals surface area contributed by atoms with Crippen LogP contribution in [0.1, 0.15) is 30.6 Å². The van der Waals surface area contributed by atoms with Gasteiger partial charge in [-0.25, -0.2) is 4.79 Å². The van der Waals surface area contributed by atoms with E-state index in [2.05, 4.69) is 12.2 Å². The fourth-order valence-electron chi connectivity index (χ4n) is 5.63. The van der Waals surface area contributed by atoms with Gasteiger partial charge in [0.15, 0.2) is 6.10 Å². The Morgan fingerprint density at radius 2 is 1.52 bits per heavy atom. The van der Waals surface area contributed by atoms with Crippen molar-refractivity contribution in [2.45, 2.75) is 32.4 Å². The molecule has 2 amide bonds. The Kier molecular flexibility index (Phi) is 4.02. The second-order valence-corrected chi connectivity index (χ2v) is 8.69. The third kappa shape index (κ3) is 2.61. The number of likely N-dealkylation sites (tertiary alicyclic amines) is 1. The van der Waals surface area contributed by atoms with Crippen molar-refractivity contribution in [2.75, 3.05) is 0 Å². The molecule has 1 heterocycles. The molecule has 2 saturated carbocycles. The zero-order valence-electron chi connectivity index (χ0n) is 16.4. The predicted molar refractivity (Wildman–Crippen MR) is 102 cm³/mol. The summed E-state index contributed by atoms with van der Waals surface area (Å²) in [6.07, 6.45) is 4.29. The van der Waals surface area contributed by atoms with Gasteiger partial charge in [-0.15, -0.1) is 0 Å². The first-order valence-corrected chi connectivity index (χ1v) is 10.2. The van der Waals surface area contributed by atoms with Crippen LogP contribution in [-0.2, 0) is 19.1 Å². The van der Waals surface area contributed by atoms with Crippen LogP contribution in [0.3, 0.4) is 0 Å². The molecule has 0 spiro atoms. The number of nitrogens with zero attached hydrogens (tertiary/aromatic N) is 1. The minimum Gasteiger partial charge on any atom is -0.453 e. The van der Waals surface area contributed by atoms with Crippen LogP contribution >= 0.6 is 0 Å². The number of benzene rings is 1. The molecule has 0 aromatic heterocycles. The van der Waals surface area contributed by atoms with Gasteiger partial charge in [0.2, 0.25) is 17.6 Å². The molecule has 29 heavy (non-hydrogen) atoms. The maximum Gasteiger partial charge on any atom is 0.329 e. The summed E-state index contributed by atoms with van der Waals surface area (Å²) in [5.74, 6) is -1.04. The molecule has 0 radical (unpaired) electrons. The van der Waals surface area contributed by atoms with Crippen LogP contribution in [0.25, 0.3) is 0 Å². The van der Waals surface area contributed by atoms with Crippen LogP contribution in [0.4, 0.5) is 0 Å². The quantitative estimate of drug-likeness (QED) is 0.332. The standard InChI is InChI=1S/C23H23NO5/c1-11(23(28)29-12(2)20(25)13-6-4-3-5-7-13)24-21(26)18-14-8-9-15(17-10-16(14)17)19(18)22(24)27/h3-9,11-12,14-19H,10H2,1-2H3/t11-,12-,14-,15-,16-,17+,18+,19+/m1/s1. The van der Waals surface area contributed by atoms with E-state index in [1.54, 1.807) is 30.3 Å². The average Bonchev–Trinajstić information content (AvgIpc) is 3.51. The molecule has 3 fully saturated rings. The zero-order valence-corrected chi connectivity index (χ0v) is 16.4. The van der Waals surface area contributed by atoms with Gasteiger partial charge in [-0.1, -0.05) is 42.5 Å². The second-order valence-electron chi connectivity index (χ2n) is 8.69. The van der Waals surface area contributed by atoms with E-state index in [1.165, 1.54) is 13.8 Å². The van der Waals surface area contributed by atoms with Gasteiger partial charge >= 0.3 is 5.97 Å². The lowest BCUT2D eigenvalue weighted by molar-refractivity contribution is -0.160. The van der Waals surface area contributed by atoms with E-state index in [4.69, 9.17) is 4.74 Å². The average molecular weight is 393 g/mol. The predicted octanol–water partition coefficient (Wildman–Crippen LogP) is 2.24. The van der Waals surface area contributed by atoms with Gasteiger partial charge in [0.05, 0.1) is 11.8 Å². The molecule has 6 heteroatoms. The fourth-order valence-corrected chi connectivity index (χ4v) is 5.63. The van der Waals surface area contributed by atoms with Crippen molar-refractivity contribution in [1.29, 1.82) is 0 Å². The number of allylic oxidation sites excluding steroid dienone is 2. The number of ketones is 1. The summed E-state index contributed by atoms with van der Waals surface area (Å²) in [6, 6.07) is 7.54. The minimum absolute atomic E-state index is 0.109. The monoisotopic (exact) mass is 393 g/mol. The Morgan fingerprint density at radius 3 is 2.07 bits per heavy atom. The molecular weight excluding hydrogens is 370 g/mol. The number of imide groups is 1. The Bertz CT molecular complexity index is 902. The second kappa shape index (κ2) is 6.37. The number of carbonyl (C=O) groups is 4. The number of esters is 1. The maximum absolute atomic E-state index is 13.1. The first-order valence-electron chi connectivity index (χ1n) is 10.2. The topological polar surface area (TPSA) is 80.8 Å². The Balaban J connectivity index is 1.30.